The zero-order valence-electron chi connectivity index (χ0n) is 12.8. The van der Waals surface area contributed by atoms with Gasteiger partial charge in [-0.15, -0.1) is 0 Å². The van der Waals surface area contributed by atoms with Gasteiger partial charge >= 0.3 is 0 Å². The summed E-state index contributed by atoms with van der Waals surface area (Å²) in [6.07, 6.45) is 1.56. The van der Waals surface area contributed by atoms with Crippen LogP contribution in [0, 0.1) is 5.92 Å². The van der Waals surface area contributed by atoms with E-state index in [-0.39, 0.29) is 24.3 Å². The Hall–Kier alpha value is -2.44. The smallest absolute Gasteiger partial charge is 0.272 e. The van der Waals surface area contributed by atoms with Crippen molar-refractivity contribution in [3.8, 4) is 0 Å². The second-order valence-electron chi connectivity index (χ2n) is 5.24. The molecule has 1 saturated heterocycles. The molecule has 118 valence electrons. The quantitative estimate of drug-likeness (QED) is 0.816. The fraction of sp³-hybridized carbons (Fsp3) is 0.467. The van der Waals surface area contributed by atoms with Crippen LogP contribution in [0.25, 0.3) is 0 Å². The lowest BCUT2D eigenvalue weighted by Crippen LogP contribution is -2.42. The van der Waals surface area contributed by atoms with Crippen molar-refractivity contribution in [2.75, 3.05) is 33.2 Å². The van der Waals surface area contributed by atoms with Crippen LogP contribution in [0.1, 0.15) is 17.4 Å². The molecule has 1 atom stereocenters. The van der Waals surface area contributed by atoms with E-state index in [4.69, 9.17) is 0 Å². The maximum atomic E-state index is 12.5. The van der Waals surface area contributed by atoms with E-state index < -0.39 is 5.92 Å². The summed E-state index contributed by atoms with van der Waals surface area (Å²) < 4.78 is 0. The lowest BCUT2D eigenvalue weighted by molar-refractivity contribution is -0.130. The highest BCUT2D eigenvalue weighted by atomic mass is 16.2. The molecule has 7 nitrogen and oxygen atoms in total. The van der Waals surface area contributed by atoms with Gasteiger partial charge in [0, 0.05) is 46.3 Å². The minimum absolute atomic E-state index is 0.0963. The van der Waals surface area contributed by atoms with Gasteiger partial charge in [0.15, 0.2) is 0 Å². The molecule has 1 fully saturated rings. The number of carbonyl (C=O) groups is 3. The van der Waals surface area contributed by atoms with Crippen molar-refractivity contribution in [3.05, 3.63) is 30.1 Å². The summed E-state index contributed by atoms with van der Waals surface area (Å²) in [6.45, 7) is 2.88. The van der Waals surface area contributed by atoms with E-state index in [9.17, 15) is 14.4 Å². The monoisotopic (exact) mass is 304 g/mol. The Labute approximate surface area is 129 Å². The highest BCUT2D eigenvalue weighted by Crippen LogP contribution is 2.13. The number of nitrogens with zero attached hydrogens (tertiary/aromatic N) is 3. The first-order valence-electron chi connectivity index (χ1n) is 7.20. The molecule has 1 aliphatic heterocycles. The summed E-state index contributed by atoms with van der Waals surface area (Å²) in [5, 5.41) is 2.59. The molecule has 1 aliphatic rings. The number of carbonyl (C=O) groups excluding carboxylic acids is 3. The molecule has 0 saturated carbocycles. The van der Waals surface area contributed by atoms with Crippen LogP contribution >= 0.6 is 0 Å². The van der Waals surface area contributed by atoms with Crippen LogP contribution in [-0.4, -0.2) is 65.7 Å². The maximum Gasteiger partial charge on any atom is 0.272 e. The largest absolute Gasteiger partial charge is 0.359 e. The first-order chi connectivity index (χ1) is 10.5. The van der Waals surface area contributed by atoms with Crippen molar-refractivity contribution < 1.29 is 14.4 Å². The molecule has 2 rings (SSSR count). The van der Waals surface area contributed by atoms with Gasteiger partial charge in [0.1, 0.15) is 5.69 Å². The van der Waals surface area contributed by atoms with E-state index in [0.717, 1.165) is 0 Å². The van der Waals surface area contributed by atoms with Gasteiger partial charge in [-0.25, -0.2) is 0 Å². The van der Waals surface area contributed by atoms with Crippen LogP contribution in [0.2, 0.25) is 0 Å². The van der Waals surface area contributed by atoms with Crippen molar-refractivity contribution >= 4 is 17.7 Å². The zero-order valence-corrected chi connectivity index (χ0v) is 12.8. The van der Waals surface area contributed by atoms with Crippen LogP contribution < -0.4 is 5.32 Å². The van der Waals surface area contributed by atoms with Gasteiger partial charge in [0.2, 0.25) is 11.8 Å². The molecule has 0 aliphatic carbocycles. The summed E-state index contributed by atoms with van der Waals surface area (Å²) in [5.41, 5.74) is 0.342. The van der Waals surface area contributed by atoms with Crippen LogP contribution in [0.3, 0.4) is 0 Å². The summed E-state index contributed by atoms with van der Waals surface area (Å²) in [4.78, 5) is 43.4. The maximum absolute atomic E-state index is 12.5. The topological polar surface area (TPSA) is 82.6 Å². The van der Waals surface area contributed by atoms with Crippen molar-refractivity contribution in [2.24, 2.45) is 5.92 Å². The van der Waals surface area contributed by atoms with E-state index in [1.165, 1.54) is 6.92 Å². The predicted octanol–water partition coefficient (Wildman–Crippen LogP) is -0.252. The van der Waals surface area contributed by atoms with Gasteiger partial charge in [-0.3, -0.25) is 19.4 Å². The molecule has 0 spiro atoms. The molecule has 7 heteroatoms. The van der Waals surface area contributed by atoms with E-state index in [0.29, 0.717) is 25.3 Å². The number of amides is 3. The predicted molar refractivity (Wildman–Crippen MR) is 80.0 cm³/mol. The second-order valence-corrected chi connectivity index (χ2v) is 5.24. The molecule has 1 aromatic heterocycles. The van der Waals surface area contributed by atoms with Crippen LogP contribution in [0.4, 0.5) is 0 Å². The number of hydrogen-bond donors (Lipinski definition) is 1. The molecule has 0 aromatic carbocycles. The van der Waals surface area contributed by atoms with Gasteiger partial charge in [0.05, 0.1) is 5.92 Å². The Kier molecular flexibility index (Phi) is 5.08. The van der Waals surface area contributed by atoms with Gasteiger partial charge in [-0.1, -0.05) is 6.07 Å². The molecule has 1 aromatic rings. The Bertz CT molecular complexity index is 561. The van der Waals surface area contributed by atoms with Crippen molar-refractivity contribution in [2.45, 2.75) is 6.92 Å². The molecule has 0 unspecified atom stereocenters. The normalized spacial score (nSPS) is 18.5. The Morgan fingerprint density at radius 3 is 2.45 bits per heavy atom. The van der Waals surface area contributed by atoms with Crippen molar-refractivity contribution in [1.82, 2.24) is 20.1 Å². The summed E-state index contributed by atoms with van der Waals surface area (Å²) in [7, 11) is 1.55. The highest BCUT2D eigenvalue weighted by Gasteiger charge is 2.31. The van der Waals surface area contributed by atoms with Crippen LogP contribution in [-0.2, 0) is 9.59 Å². The van der Waals surface area contributed by atoms with Gasteiger partial charge in [-0.05, 0) is 12.1 Å². The van der Waals surface area contributed by atoms with Gasteiger partial charge in [0.25, 0.3) is 5.91 Å². The standard InChI is InChI=1S/C15H20N4O3/c1-11(20)18-7-8-19(10-12(9-18)14(21)16-2)15(22)13-5-3-4-6-17-13/h3-6,12H,7-10H2,1-2H3,(H,16,21)/t12-/m0/s1. The number of nitrogens with one attached hydrogen (secondary N) is 1. The average Bonchev–Trinajstić information content (AvgIpc) is 2.77. The number of pyridine rings is 1. The number of aromatic nitrogens is 1. The highest BCUT2D eigenvalue weighted by molar-refractivity contribution is 5.93. The Morgan fingerprint density at radius 2 is 1.86 bits per heavy atom. The minimum atomic E-state index is -0.441. The Balaban J connectivity index is 2.19. The first-order valence-corrected chi connectivity index (χ1v) is 7.20. The van der Waals surface area contributed by atoms with E-state index in [2.05, 4.69) is 10.3 Å². The van der Waals surface area contributed by atoms with Crippen LogP contribution in [0.5, 0.6) is 0 Å². The Morgan fingerprint density at radius 1 is 1.18 bits per heavy atom. The van der Waals surface area contributed by atoms with Crippen molar-refractivity contribution in [3.63, 3.8) is 0 Å². The van der Waals surface area contributed by atoms with E-state index in [1.54, 1.807) is 41.2 Å². The first kappa shape index (κ1) is 15.9. The molecule has 22 heavy (non-hydrogen) atoms. The second kappa shape index (κ2) is 7.02. The molecule has 2 heterocycles. The van der Waals surface area contributed by atoms with Crippen molar-refractivity contribution in [1.29, 1.82) is 0 Å². The SMILES string of the molecule is CNC(=O)[C@H]1CN(C(C)=O)CCN(C(=O)c2ccccn2)C1. The molecule has 3 amide bonds. The van der Waals surface area contributed by atoms with Gasteiger partial charge in [-0.2, -0.15) is 0 Å². The van der Waals surface area contributed by atoms with Gasteiger partial charge < -0.3 is 15.1 Å². The zero-order chi connectivity index (χ0) is 16.1. The number of rotatable bonds is 2. The number of hydrogen-bond acceptors (Lipinski definition) is 4. The molecule has 0 bridgehead atoms. The molecule has 1 N–H and O–H groups in total. The third-order valence-electron chi connectivity index (χ3n) is 3.76. The summed E-state index contributed by atoms with van der Waals surface area (Å²) >= 11 is 0. The lowest BCUT2D eigenvalue weighted by atomic mass is 10.1. The third kappa shape index (κ3) is 3.60. The summed E-state index contributed by atoms with van der Waals surface area (Å²) in [6, 6.07) is 5.13. The van der Waals surface area contributed by atoms with E-state index in [1.807, 2.05) is 0 Å². The third-order valence-corrected chi connectivity index (χ3v) is 3.76. The minimum Gasteiger partial charge on any atom is -0.359 e. The van der Waals surface area contributed by atoms with Crippen LogP contribution in [0.15, 0.2) is 24.4 Å². The average molecular weight is 304 g/mol. The molecular weight excluding hydrogens is 284 g/mol. The summed E-state index contributed by atoms with van der Waals surface area (Å²) in [5.74, 6) is -0.933. The van der Waals surface area contributed by atoms with E-state index >= 15 is 0 Å². The lowest BCUT2D eigenvalue weighted by Gasteiger charge is -2.22. The molecule has 0 radical (unpaired) electrons. The molecular formula is C15H20N4O3. The fourth-order valence-corrected chi connectivity index (χ4v) is 2.51. The fourth-order valence-electron chi connectivity index (χ4n) is 2.51.